The van der Waals surface area contributed by atoms with Crippen LogP contribution < -0.4 is 10.6 Å². The number of carbonyl (C=O) groups excluding carboxylic acids is 2. The average Bonchev–Trinajstić information content (AvgIpc) is 3.30. The lowest BCUT2D eigenvalue weighted by Crippen LogP contribution is -2.67. The molecule has 0 aromatic carbocycles. The van der Waals surface area contributed by atoms with Gasteiger partial charge in [-0.15, -0.1) is 0 Å². The van der Waals surface area contributed by atoms with Crippen molar-refractivity contribution in [3.05, 3.63) is 47.5 Å². The highest BCUT2D eigenvalue weighted by Gasteiger charge is 2.54. The summed E-state index contributed by atoms with van der Waals surface area (Å²) in [5.74, 6) is -0.452. The highest BCUT2D eigenvalue weighted by molar-refractivity contribution is 6.00. The first-order valence-electron chi connectivity index (χ1n) is 10.4. The van der Waals surface area contributed by atoms with E-state index in [4.69, 9.17) is 5.26 Å². The Morgan fingerprint density at radius 2 is 1.97 bits per heavy atom. The van der Waals surface area contributed by atoms with E-state index in [2.05, 4.69) is 20.7 Å². The fourth-order valence-corrected chi connectivity index (χ4v) is 4.78. The molecule has 0 bridgehead atoms. The Hall–Kier alpha value is -4.08. The van der Waals surface area contributed by atoms with Gasteiger partial charge in [-0.25, -0.2) is 14.3 Å². The van der Waals surface area contributed by atoms with Crippen molar-refractivity contribution in [2.45, 2.75) is 25.1 Å². The molecule has 1 saturated carbocycles. The lowest BCUT2D eigenvalue weighted by molar-refractivity contribution is -0.137. The molecule has 0 atom stereocenters. The van der Waals surface area contributed by atoms with Gasteiger partial charge in [0.25, 0.3) is 5.91 Å². The highest BCUT2D eigenvalue weighted by Crippen LogP contribution is 2.48. The summed E-state index contributed by atoms with van der Waals surface area (Å²) in [4.78, 5) is 30.6. The molecule has 1 spiro atoms. The highest BCUT2D eigenvalue weighted by atomic mass is 19.4. The number of amides is 3. The molecule has 10 nitrogen and oxygen atoms in total. The monoisotopic (exact) mass is 472 g/mol. The van der Waals surface area contributed by atoms with E-state index in [0.29, 0.717) is 43.6 Å². The number of carbonyl (C=O) groups is 2. The molecule has 1 aliphatic carbocycles. The molecule has 0 radical (unpaired) electrons. The smallest absolute Gasteiger partial charge is 0.337 e. The molecule has 3 amide bonds. The molecule has 2 fully saturated rings. The Labute approximate surface area is 191 Å². The molecule has 13 heteroatoms. The SMILES string of the molecule is Cn1ccn2ncc(C(=O)N3CC4(CC(NC(=O)Nc5cc(C(F)(F)F)cc(C#N)n5)C4)C3)c12. The first kappa shape index (κ1) is 21.7. The van der Waals surface area contributed by atoms with Crippen LogP contribution in [0.3, 0.4) is 0 Å². The minimum atomic E-state index is -4.67. The second-order valence-electron chi connectivity index (χ2n) is 8.84. The minimum absolute atomic E-state index is 0.0729. The topological polar surface area (TPSA) is 120 Å². The number of alkyl halides is 3. The van der Waals surface area contributed by atoms with Gasteiger partial charge in [-0.05, 0) is 25.0 Å². The number of urea groups is 1. The van der Waals surface area contributed by atoms with E-state index in [1.807, 2.05) is 17.8 Å². The van der Waals surface area contributed by atoms with Crippen LogP contribution in [0.15, 0.2) is 30.7 Å². The number of nitrogens with zero attached hydrogens (tertiary/aromatic N) is 6. The van der Waals surface area contributed by atoms with Gasteiger partial charge < -0.3 is 14.8 Å². The Kier molecular flexibility index (Phi) is 4.78. The van der Waals surface area contributed by atoms with E-state index in [9.17, 15) is 22.8 Å². The summed E-state index contributed by atoms with van der Waals surface area (Å²) in [5, 5.41) is 18.1. The number of pyridine rings is 1. The van der Waals surface area contributed by atoms with Gasteiger partial charge in [-0.1, -0.05) is 0 Å². The standard InChI is InChI=1S/C21H19F3N8O2/c1-30-2-3-32-17(30)15(9-26-32)18(33)31-10-20(11-31)6-14(7-20)28-19(34)29-16-5-12(21(22,23)24)4-13(8-25)27-16/h2-5,9,14H,6-7,10-11H2,1H3,(H2,27,28,29,34). The van der Waals surface area contributed by atoms with Crippen molar-refractivity contribution in [1.82, 2.24) is 29.4 Å². The van der Waals surface area contributed by atoms with Crippen molar-refractivity contribution in [3.8, 4) is 6.07 Å². The van der Waals surface area contributed by atoms with Gasteiger partial charge in [-0.3, -0.25) is 10.1 Å². The first-order chi connectivity index (χ1) is 16.1. The maximum absolute atomic E-state index is 13.0. The summed E-state index contributed by atoms with van der Waals surface area (Å²) in [6.07, 6.45) is 1.78. The van der Waals surface area contributed by atoms with Crippen LogP contribution >= 0.6 is 0 Å². The third-order valence-corrected chi connectivity index (χ3v) is 6.31. The summed E-state index contributed by atoms with van der Waals surface area (Å²) in [7, 11) is 1.84. The van der Waals surface area contributed by atoms with Crippen LogP contribution in [0.1, 0.15) is 34.5 Å². The predicted octanol–water partition coefficient (Wildman–Crippen LogP) is 2.38. The number of imidazole rings is 1. The lowest BCUT2D eigenvalue weighted by atomic mass is 9.60. The van der Waals surface area contributed by atoms with Crippen LogP contribution in [-0.4, -0.2) is 55.1 Å². The van der Waals surface area contributed by atoms with Gasteiger partial charge in [-0.2, -0.15) is 23.5 Å². The number of hydrogen-bond acceptors (Lipinski definition) is 5. The van der Waals surface area contributed by atoms with Crippen LogP contribution in [0.25, 0.3) is 5.65 Å². The van der Waals surface area contributed by atoms with E-state index < -0.39 is 23.5 Å². The summed E-state index contributed by atoms with van der Waals surface area (Å²) in [6, 6.07) is 1.98. The second-order valence-corrected chi connectivity index (χ2v) is 8.84. The van der Waals surface area contributed by atoms with Crippen molar-refractivity contribution < 1.29 is 22.8 Å². The number of hydrogen-bond donors (Lipinski definition) is 2. The number of nitriles is 1. The third kappa shape index (κ3) is 3.70. The number of fused-ring (bicyclic) bond motifs is 1. The fourth-order valence-electron chi connectivity index (χ4n) is 4.78. The molecule has 1 saturated heterocycles. The number of aromatic nitrogens is 4. The van der Waals surface area contributed by atoms with E-state index >= 15 is 0 Å². The maximum atomic E-state index is 13.0. The lowest BCUT2D eigenvalue weighted by Gasteiger charge is -2.58. The quantitative estimate of drug-likeness (QED) is 0.607. The summed E-state index contributed by atoms with van der Waals surface area (Å²) in [6.45, 7) is 1.13. The Morgan fingerprint density at radius 3 is 2.65 bits per heavy atom. The fraction of sp³-hybridized carbons (Fsp3) is 0.381. The van der Waals surface area contributed by atoms with Crippen LogP contribution in [0, 0.1) is 16.7 Å². The first-order valence-corrected chi connectivity index (χ1v) is 10.4. The van der Waals surface area contributed by atoms with Gasteiger partial charge in [0.15, 0.2) is 0 Å². The van der Waals surface area contributed by atoms with Crippen molar-refractivity contribution in [2.75, 3.05) is 18.4 Å². The predicted molar refractivity (Wildman–Crippen MR) is 112 cm³/mol. The van der Waals surface area contributed by atoms with Gasteiger partial charge in [0.1, 0.15) is 28.8 Å². The molecule has 176 valence electrons. The number of nitrogens with one attached hydrogen (secondary N) is 2. The van der Waals surface area contributed by atoms with Crippen LogP contribution in [-0.2, 0) is 13.2 Å². The van der Waals surface area contributed by atoms with Crippen molar-refractivity contribution in [1.29, 1.82) is 5.26 Å². The minimum Gasteiger partial charge on any atom is -0.337 e. The molecule has 2 N–H and O–H groups in total. The molecule has 34 heavy (non-hydrogen) atoms. The number of halogens is 3. The van der Waals surface area contributed by atoms with Crippen LogP contribution in [0.2, 0.25) is 0 Å². The number of aryl methyl sites for hydroxylation is 1. The normalized spacial score (nSPS) is 17.2. The van der Waals surface area contributed by atoms with E-state index in [-0.39, 0.29) is 23.2 Å². The Balaban J connectivity index is 1.14. The van der Waals surface area contributed by atoms with Crippen molar-refractivity contribution in [3.63, 3.8) is 0 Å². The van der Waals surface area contributed by atoms with Crippen LogP contribution in [0.4, 0.5) is 23.8 Å². The van der Waals surface area contributed by atoms with E-state index in [1.165, 1.54) is 0 Å². The largest absolute Gasteiger partial charge is 0.416 e. The molecular weight excluding hydrogens is 453 g/mol. The molecule has 2 aliphatic rings. The van der Waals surface area contributed by atoms with Gasteiger partial charge in [0.05, 0.1) is 11.8 Å². The third-order valence-electron chi connectivity index (χ3n) is 6.31. The zero-order chi connectivity index (χ0) is 24.3. The second kappa shape index (κ2) is 7.47. The van der Waals surface area contributed by atoms with Gasteiger partial charge in [0, 0.05) is 44.0 Å². The molecule has 0 unspecified atom stereocenters. The Morgan fingerprint density at radius 1 is 1.24 bits per heavy atom. The molecule has 1 aliphatic heterocycles. The summed E-state index contributed by atoms with van der Waals surface area (Å²) >= 11 is 0. The zero-order valence-electron chi connectivity index (χ0n) is 17.9. The molecule has 4 heterocycles. The molecule has 3 aromatic heterocycles. The van der Waals surface area contributed by atoms with Crippen LogP contribution in [0.5, 0.6) is 0 Å². The molecule has 3 aromatic rings. The number of rotatable bonds is 3. The average molecular weight is 472 g/mol. The zero-order valence-corrected chi connectivity index (χ0v) is 17.9. The van der Waals surface area contributed by atoms with Crippen molar-refractivity contribution in [2.24, 2.45) is 12.5 Å². The van der Waals surface area contributed by atoms with Gasteiger partial charge in [0.2, 0.25) is 0 Å². The summed E-state index contributed by atoms with van der Waals surface area (Å²) < 4.78 is 42.4. The van der Waals surface area contributed by atoms with E-state index in [0.717, 1.165) is 5.65 Å². The number of anilines is 1. The van der Waals surface area contributed by atoms with Gasteiger partial charge >= 0.3 is 12.2 Å². The Bertz CT molecular complexity index is 1340. The van der Waals surface area contributed by atoms with E-state index in [1.54, 1.807) is 27.9 Å². The molecule has 5 rings (SSSR count). The summed E-state index contributed by atoms with van der Waals surface area (Å²) in [5.41, 5.74) is -0.337. The van der Waals surface area contributed by atoms with Crippen molar-refractivity contribution >= 4 is 23.4 Å². The molecular formula is C21H19F3N8O2. The maximum Gasteiger partial charge on any atom is 0.416 e. The number of likely N-dealkylation sites (tertiary alicyclic amines) is 1.